The van der Waals surface area contributed by atoms with Crippen molar-refractivity contribution < 1.29 is 0 Å². The highest BCUT2D eigenvalue weighted by Crippen LogP contribution is 2.29. The third-order valence-electron chi connectivity index (χ3n) is 2.73. The van der Waals surface area contributed by atoms with Crippen molar-refractivity contribution in [1.82, 2.24) is 4.98 Å². The highest BCUT2D eigenvalue weighted by molar-refractivity contribution is 9.08. The zero-order chi connectivity index (χ0) is 11.7. The normalized spacial score (nSPS) is 10.9. The van der Waals surface area contributed by atoms with Crippen molar-refractivity contribution in [3.63, 3.8) is 0 Å². The summed E-state index contributed by atoms with van der Waals surface area (Å²) in [6.45, 7) is 0. The number of rotatable bonds is 2. The smallest absolute Gasteiger partial charge is 0.104 e. The van der Waals surface area contributed by atoms with E-state index in [4.69, 9.17) is 0 Å². The molecule has 0 fully saturated rings. The number of hydrogen-bond donors (Lipinski definition) is 0. The van der Waals surface area contributed by atoms with Crippen LogP contribution in [-0.4, -0.2) is 4.98 Å². The third kappa shape index (κ3) is 2.01. The number of nitrogens with zero attached hydrogens (tertiary/aromatic N) is 1. The number of alkyl halides is 1. The second-order valence-corrected chi connectivity index (χ2v) is 5.29. The molecule has 2 aromatic carbocycles. The molecule has 0 N–H and O–H groups in total. The van der Waals surface area contributed by atoms with Crippen LogP contribution in [-0.2, 0) is 5.33 Å². The van der Waals surface area contributed by atoms with Crippen LogP contribution in [0.25, 0.3) is 22.0 Å². The van der Waals surface area contributed by atoms with E-state index in [2.05, 4.69) is 68.8 Å². The van der Waals surface area contributed by atoms with Crippen LogP contribution in [0.5, 0.6) is 0 Å². The van der Waals surface area contributed by atoms with Crippen LogP contribution >= 0.6 is 27.3 Å². The van der Waals surface area contributed by atoms with Gasteiger partial charge in [-0.05, 0) is 10.8 Å². The van der Waals surface area contributed by atoms with E-state index in [-0.39, 0.29) is 0 Å². The van der Waals surface area contributed by atoms with Gasteiger partial charge in [-0.15, -0.1) is 11.3 Å². The van der Waals surface area contributed by atoms with Crippen LogP contribution < -0.4 is 0 Å². The maximum absolute atomic E-state index is 4.62. The number of thiazole rings is 1. The first kappa shape index (κ1) is 10.9. The number of benzene rings is 2. The number of halogens is 1. The van der Waals surface area contributed by atoms with Crippen LogP contribution in [0.15, 0.2) is 47.8 Å². The van der Waals surface area contributed by atoms with Crippen LogP contribution in [0, 0.1) is 0 Å². The van der Waals surface area contributed by atoms with Crippen LogP contribution in [0.3, 0.4) is 0 Å². The minimum atomic E-state index is 0.822. The number of hydrogen-bond acceptors (Lipinski definition) is 2. The van der Waals surface area contributed by atoms with Crippen LogP contribution in [0.2, 0.25) is 0 Å². The molecule has 0 aliphatic rings. The van der Waals surface area contributed by atoms with Crippen molar-refractivity contribution in [3.05, 3.63) is 52.9 Å². The Morgan fingerprint density at radius 1 is 1.06 bits per heavy atom. The summed E-state index contributed by atoms with van der Waals surface area (Å²) in [6, 6.07) is 14.8. The molecule has 3 rings (SSSR count). The van der Waals surface area contributed by atoms with E-state index in [1.807, 2.05) is 0 Å². The fourth-order valence-corrected chi connectivity index (χ4v) is 3.11. The highest BCUT2D eigenvalue weighted by atomic mass is 79.9. The maximum atomic E-state index is 4.62. The van der Waals surface area contributed by atoms with Crippen LogP contribution in [0.4, 0.5) is 0 Å². The van der Waals surface area contributed by atoms with E-state index in [0.29, 0.717) is 0 Å². The summed E-state index contributed by atoms with van der Waals surface area (Å²) in [5.41, 5.74) is 2.29. The van der Waals surface area contributed by atoms with E-state index in [1.165, 1.54) is 16.3 Å². The van der Waals surface area contributed by atoms with E-state index in [0.717, 1.165) is 16.0 Å². The molecule has 0 amide bonds. The molecule has 84 valence electrons. The van der Waals surface area contributed by atoms with Crippen molar-refractivity contribution in [2.75, 3.05) is 0 Å². The largest absolute Gasteiger partial charge is 0.240 e. The van der Waals surface area contributed by atoms with Crippen molar-refractivity contribution in [1.29, 1.82) is 0 Å². The molecule has 0 aliphatic heterocycles. The minimum absolute atomic E-state index is 0.822. The van der Waals surface area contributed by atoms with E-state index in [1.54, 1.807) is 11.3 Å². The molecule has 3 heteroatoms. The Morgan fingerprint density at radius 3 is 2.71 bits per heavy atom. The summed E-state index contributed by atoms with van der Waals surface area (Å²) < 4.78 is 0. The second kappa shape index (κ2) is 4.59. The Hall–Kier alpha value is -1.19. The summed E-state index contributed by atoms with van der Waals surface area (Å²) in [5.74, 6) is 0. The summed E-state index contributed by atoms with van der Waals surface area (Å²) >= 11 is 5.14. The van der Waals surface area contributed by atoms with E-state index in [9.17, 15) is 0 Å². The average Bonchev–Trinajstić information content (AvgIpc) is 2.87. The zero-order valence-corrected chi connectivity index (χ0v) is 11.5. The topological polar surface area (TPSA) is 12.9 Å². The molecule has 0 unspecified atom stereocenters. The molecular weight excluding hydrogens is 294 g/mol. The van der Waals surface area contributed by atoms with Gasteiger partial charge in [0.25, 0.3) is 0 Å². The zero-order valence-electron chi connectivity index (χ0n) is 9.06. The third-order valence-corrected chi connectivity index (χ3v) is 4.48. The van der Waals surface area contributed by atoms with Gasteiger partial charge < -0.3 is 0 Å². The van der Waals surface area contributed by atoms with Gasteiger partial charge in [0.15, 0.2) is 0 Å². The maximum Gasteiger partial charge on any atom is 0.104 e. The van der Waals surface area contributed by atoms with Gasteiger partial charge in [0.05, 0.1) is 11.0 Å². The first-order chi connectivity index (χ1) is 8.38. The molecule has 1 aromatic heterocycles. The first-order valence-corrected chi connectivity index (χ1v) is 7.37. The summed E-state index contributed by atoms with van der Waals surface area (Å²) in [5, 5.41) is 6.59. The number of fused-ring (bicyclic) bond motifs is 1. The molecule has 0 saturated heterocycles. The standard InChI is InChI=1S/C14H10BrNS/c15-8-14-16-13(9-17-14)12-7-3-5-10-4-1-2-6-11(10)12/h1-7,9H,8H2. The van der Waals surface area contributed by atoms with Gasteiger partial charge in [0.1, 0.15) is 5.01 Å². The SMILES string of the molecule is BrCc1nc(-c2cccc3ccccc23)cs1. The molecule has 0 spiro atoms. The van der Waals surface area contributed by atoms with Gasteiger partial charge in [-0.25, -0.2) is 4.98 Å². The molecule has 1 nitrogen and oxygen atoms in total. The van der Waals surface area contributed by atoms with Gasteiger partial charge in [-0.1, -0.05) is 58.4 Å². The lowest BCUT2D eigenvalue weighted by atomic mass is 10.0. The fourth-order valence-electron chi connectivity index (χ4n) is 1.94. The molecule has 0 radical (unpaired) electrons. The molecular formula is C14H10BrNS. The molecule has 17 heavy (non-hydrogen) atoms. The fraction of sp³-hybridized carbons (Fsp3) is 0.0714. The van der Waals surface area contributed by atoms with Crippen molar-refractivity contribution in [2.24, 2.45) is 0 Å². The highest BCUT2D eigenvalue weighted by Gasteiger charge is 2.06. The molecule has 0 aliphatic carbocycles. The van der Waals surface area contributed by atoms with Crippen LogP contribution in [0.1, 0.15) is 5.01 Å². The molecule has 1 heterocycles. The van der Waals surface area contributed by atoms with Gasteiger partial charge in [0, 0.05) is 10.9 Å². The molecule has 3 aromatic rings. The van der Waals surface area contributed by atoms with Crippen molar-refractivity contribution in [2.45, 2.75) is 5.33 Å². The summed E-state index contributed by atoms with van der Waals surface area (Å²) in [4.78, 5) is 4.62. The van der Waals surface area contributed by atoms with Crippen molar-refractivity contribution >= 4 is 38.0 Å². The average molecular weight is 304 g/mol. The monoisotopic (exact) mass is 303 g/mol. The predicted molar refractivity (Wildman–Crippen MR) is 77.7 cm³/mol. The summed E-state index contributed by atoms with van der Waals surface area (Å²) in [6.07, 6.45) is 0. The molecule has 0 saturated carbocycles. The quantitative estimate of drug-likeness (QED) is 0.616. The Kier molecular flexibility index (Phi) is 2.95. The lowest BCUT2D eigenvalue weighted by molar-refractivity contribution is 1.28. The van der Waals surface area contributed by atoms with Gasteiger partial charge in [-0.2, -0.15) is 0 Å². The number of aromatic nitrogens is 1. The Balaban J connectivity index is 2.23. The molecule has 0 bridgehead atoms. The molecule has 0 atom stereocenters. The summed E-state index contributed by atoms with van der Waals surface area (Å²) in [7, 11) is 0. The van der Waals surface area contributed by atoms with Gasteiger partial charge in [-0.3, -0.25) is 0 Å². The Labute approximate surface area is 112 Å². The lowest BCUT2D eigenvalue weighted by Gasteiger charge is -2.03. The Bertz CT molecular complexity index is 655. The van der Waals surface area contributed by atoms with E-state index >= 15 is 0 Å². The van der Waals surface area contributed by atoms with Gasteiger partial charge >= 0.3 is 0 Å². The second-order valence-electron chi connectivity index (χ2n) is 3.79. The Morgan fingerprint density at radius 2 is 1.88 bits per heavy atom. The lowest BCUT2D eigenvalue weighted by Crippen LogP contribution is -1.82. The minimum Gasteiger partial charge on any atom is -0.240 e. The first-order valence-electron chi connectivity index (χ1n) is 5.37. The van der Waals surface area contributed by atoms with Gasteiger partial charge in [0.2, 0.25) is 0 Å². The van der Waals surface area contributed by atoms with E-state index < -0.39 is 0 Å². The predicted octanol–water partition coefficient (Wildman–Crippen LogP) is 4.86. The van der Waals surface area contributed by atoms with Crippen molar-refractivity contribution in [3.8, 4) is 11.3 Å².